The van der Waals surface area contributed by atoms with Gasteiger partial charge in [0.25, 0.3) is 0 Å². The summed E-state index contributed by atoms with van der Waals surface area (Å²) in [6, 6.07) is 0. The van der Waals surface area contributed by atoms with E-state index in [0.717, 1.165) is 18.8 Å². The highest BCUT2D eigenvalue weighted by Crippen LogP contribution is 1.92. The van der Waals surface area contributed by atoms with Crippen LogP contribution >= 0.6 is 0 Å². The lowest BCUT2D eigenvalue weighted by atomic mass is 10.5. The van der Waals surface area contributed by atoms with Crippen LogP contribution in [-0.4, -0.2) is 35.3 Å². The van der Waals surface area contributed by atoms with Crippen molar-refractivity contribution in [2.24, 2.45) is 0 Å². The van der Waals surface area contributed by atoms with Crippen molar-refractivity contribution in [3.63, 3.8) is 0 Å². The number of hydrogen-bond donors (Lipinski definition) is 1. The molecule has 0 aliphatic heterocycles. The summed E-state index contributed by atoms with van der Waals surface area (Å²) < 4.78 is 7.01. The van der Waals surface area contributed by atoms with Gasteiger partial charge in [0.2, 0.25) is 0 Å². The quantitative estimate of drug-likeness (QED) is 0.500. The molecule has 5 heteroatoms. The van der Waals surface area contributed by atoms with Gasteiger partial charge in [0.15, 0.2) is 0 Å². The third-order valence-corrected chi connectivity index (χ3v) is 1.64. The third kappa shape index (κ3) is 3.68. The summed E-state index contributed by atoms with van der Waals surface area (Å²) in [5.74, 6) is 0. The lowest BCUT2D eigenvalue weighted by Crippen LogP contribution is -2.07. The molecule has 0 unspecified atom stereocenters. The molecule has 0 radical (unpaired) electrons. The largest absolute Gasteiger partial charge is 0.375 e. The maximum absolute atomic E-state index is 5.23. The zero-order valence-electron chi connectivity index (χ0n) is 8.44. The average molecular weight is 196 g/mol. The van der Waals surface area contributed by atoms with Crippen molar-refractivity contribution in [2.75, 3.05) is 20.3 Å². The summed E-state index contributed by atoms with van der Waals surface area (Å²) in [5, 5.41) is 10.9. The van der Waals surface area contributed by atoms with Crippen LogP contribution in [0.2, 0.25) is 0 Å². The summed E-state index contributed by atoms with van der Waals surface area (Å²) in [5.41, 5.74) is 0.941. The van der Waals surface area contributed by atoms with Crippen molar-refractivity contribution >= 4 is 0 Å². The highest BCUT2D eigenvalue weighted by atomic mass is 16.5. The molecule has 5 nitrogen and oxygen atoms in total. The molecular formula is C9H16N4O. The lowest BCUT2D eigenvalue weighted by Gasteiger charge is -1.99. The second kappa shape index (κ2) is 6.28. The van der Waals surface area contributed by atoms with Crippen LogP contribution in [0.25, 0.3) is 0 Å². The Hall–Kier alpha value is -1.20. The van der Waals surface area contributed by atoms with Crippen molar-refractivity contribution in [3.8, 4) is 0 Å². The van der Waals surface area contributed by atoms with E-state index in [1.807, 2.05) is 13.2 Å². The first-order valence-corrected chi connectivity index (χ1v) is 4.59. The Morgan fingerprint density at radius 1 is 1.71 bits per heavy atom. The number of nitrogens with one attached hydrogen (secondary N) is 1. The molecule has 1 N–H and O–H groups in total. The monoisotopic (exact) mass is 196 g/mol. The molecule has 0 aliphatic rings. The molecule has 0 amide bonds. The molecule has 0 aromatic carbocycles. The Morgan fingerprint density at radius 2 is 2.57 bits per heavy atom. The van der Waals surface area contributed by atoms with Crippen LogP contribution in [0, 0.1) is 0 Å². The van der Waals surface area contributed by atoms with E-state index in [9.17, 15) is 0 Å². The van der Waals surface area contributed by atoms with Gasteiger partial charge in [0, 0.05) is 12.7 Å². The highest BCUT2D eigenvalue weighted by molar-refractivity contribution is 4.90. The van der Waals surface area contributed by atoms with E-state index in [1.54, 1.807) is 10.8 Å². The van der Waals surface area contributed by atoms with Crippen molar-refractivity contribution in [1.82, 2.24) is 20.3 Å². The van der Waals surface area contributed by atoms with E-state index in [4.69, 9.17) is 4.74 Å². The van der Waals surface area contributed by atoms with Crippen LogP contribution in [0.1, 0.15) is 5.69 Å². The lowest BCUT2D eigenvalue weighted by molar-refractivity contribution is 0.149. The number of nitrogens with zero attached hydrogens (tertiary/aromatic N) is 3. The Labute approximate surface area is 83.8 Å². The normalized spacial score (nSPS) is 10.4. The fourth-order valence-electron chi connectivity index (χ4n) is 1.03. The molecule has 0 aliphatic carbocycles. The number of hydrogen-bond acceptors (Lipinski definition) is 4. The first-order chi connectivity index (χ1) is 6.86. The van der Waals surface area contributed by atoms with Gasteiger partial charge in [-0.15, -0.1) is 11.7 Å². The molecular weight excluding hydrogens is 180 g/mol. The van der Waals surface area contributed by atoms with Gasteiger partial charge >= 0.3 is 0 Å². The van der Waals surface area contributed by atoms with Crippen LogP contribution in [0.4, 0.5) is 0 Å². The van der Waals surface area contributed by atoms with Crippen molar-refractivity contribution in [3.05, 3.63) is 24.5 Å². The maximum Gasteiger partial charge on any atom is 0.0964 e. The maximum atomic E-state index is 5.23. The molecule has 0 atom stereocenters. The van der Waals surface area contributed by atoms with E-state index in [-0.39, 0.29) is 0 Å². The molecule has 1 rings (SSSR count). The molecule has 78 valence electrons. The molecule has 14 heavy (non-hydrogen) atoms. The van der Waals surface area contributed by atoms with Gasteiger partial charge in [0.05, 0.1) is 25.5 Å². The van der Waals surface area contributed by atoms with Gasteiger partial charge in [-0.3, -0.25) is 0 Å². The van der Waals surface area contributed by atoms with Crippen molar-refractivity contribution in [1.29, 1.82) is 0 Å². The smallest absolute Gasteiger partial charge is 0.0964 e. The van der Waals surface area contributed by atoms with E-state index >= 15 is 0 Å². The summed E-state index contributed by atoms with van der Waals surface area (Å²) in [6.07, 6.45) is 3.64. The highest BCUT2D eigenvalue weighted by Gasteiger charge is 1.98. The minimum Gasteiger partial charge on any atom is -0.375 e. The predicted molar refractivity (Wildman–Crippen MR) is 53.8 cm³/mol. The summed E-state index contributed by atoms with van der Waals surface area (Å²) in [4.78, 5) is 0. The minimum atomic E-state index is 0.581. The molecule has 0 spiro atoms. The zero-order valence-corrected chi connectivity index (χ0v) is 8.44. The summed E-state index contributed by atoms with van der Waals surface area (Å²) in [7, 11) is 1.88. The van der Waals surface area contributed by atoms with Gasteiger partial charge in [0.1, 0.15) is 0 Å². The van der Waals surface area contributed by atoms with Gasteiger partial charge in [-0.1, -0.05) is 11.3 Å². The molecule has 1 heterocycles. The Kier molecular flexibility index (Phi) is 4.88. The van der Waals surface area contributed by atoms with Crippen LogP contribution in [0.3, 0.4) is 0 Å². The van der Waals surface area contributed by atoms with Crippen molar-refractivity contribution < 1.29 is 4.74 Å². The van der Waals surface area contributed by atoms with Crippen molar-refractivity contribution in [2.45, 2.75) is 13.1 Å². The van der Waals surface area contributed by atoms with Gasteiger partial charge in [-0.25, -0.2) is 4.68 Å². The summed E-state index contributed by atoms with van der Waals surface area (Å²) in [6.45, 7) is 6.25. The van der Waals surface area contributed by atoms with E-state index < -0.39 is 0 Å². The SMILES string of the molecule is C=CCOCCn1cc(CNC)nn1. The van der Waals surface area contributed by atoms with Gasteiger partial charge < -0.3 is 10.1 Å². The Bertz CT molecular complexity index is 272. The minimum absolute atomic E-state index is 0.581. The Balaban J connectivity index is 2.25. The first kappa shape index (κ1) is 10.9. The first-order valence-electron chi connectivity index (χ1n) is 4.59. The number of rotatable bonds is 7. The number of aromatic nitrogens is 3. The van der Waals surface area contributed by atoms with Crippen LogP contribution in [0.15, 0.2) is 18.9 Å². The number of ether oxygens (including phenoxy) is 1. The second-order valence-electron chi connectivity index (χ2n) is 2.87. The molecule has 1 aromatic heterocycles. The fourth-order valence-corrected chi connectivity index (χ4v) is 1.03. The van der Waals surface area contributed by atoms with Crippen LogP contribution in [-0.2, 0) is 17.8 Å². The van der Waals surface area contributed by atoms with E-state index in [2.05, 4.69) is 22.2 Å². The van der Waals surface area contributed by atoms with Gasteiger partial charge in [-0.2, -0.15) is 0 Å². The molecule has 0 fully saturated rings. The standard InChI is InChI=1S/C9H16N4O/c1-3-5-14-6-4-13-8-9(7-10-2)11-12-13/h3,8,10H,1,4-7H2,2H3. The molecule has 0 saturated carbocycles. The average Bonchev–Trinajstić information content (AvgIpc) is 2.61. The molecule has 0 bridgehead atoms. The fraction of sp³-hybridized carbons (Fsp3) is 0.556. The second-order valence-corrected chi connectivity index (χ2v) is 2.87. The Morgan fingerprint density at radius 3 is 3.29 bits per heavy atom. The van der Waals surface area contributed by atoms with Crippen LogP contribution < -0.4 is 5.32 Å². The third-order valence-electron chi connectivity index (χ3n) is 1.64. The van der Waals surface area contributed by atoms with Crippen LogP contribution in [0.5, 0.6) is 0 Å². The van der Waals surface area contributed by atoms with E-state index in [0.29, 0.717) is 13.2 Å². The topological polar surface area (TPSA) is 52.0 Å². The van der Waals surface area contributed by atoms with E-state index in [1.165, 1.54) is 0 Å². The summed E-state index contributed by atoms with van der Waals surface area (Å²) >= 11 is 0. The molecule has 1 aromatic rings. The predicted octanol–water partition coefficient (Wildman–Crippen LogP) is 0.200. The van der Waals surface area contributed by atoms with Gasteiger partial charge in [-0.05, 0) is 7.05 Å². The zero-order chi connectivity index (χ0) is 10.2. The molecule has 0 saturated heterocycles.